The number of hydrogen-bond acceptors (Lipinski definition) is 4. The van der Waals surface area contributed by atoms with E-state index in [-0.39, 0.29) is 30.3 Å². The molecule has 0 saturated carbocycles. The highest BCUT2D eigenvalue weighted by Gasteiger charge is 2.27. The van der Waals surface area contributed by atoms with Crippen molar-refractivity contribution in [1.82, 2.24) is 20.9 Å². The molecule has 0 spiro atoms. The fourth-order valence-electron chi connectivity index (χ4n) is 2.85. The van der Waals surface area contributed by atoms with Gasteiger partial charge in [-0.1, -0.05) is 13.3 Å². The Morgan fingerprint density at radius 1 is 1.26 bits per heavy atom. The molecule has 4 amide bonds. The van der Waals surface area contributed by atoms with Gasteiger partial charge in [0.2, 0.25) is 11.8 Å². The van der Waals surface area contributed by atoms with Crippen LogP contribution in [0.5, 0.6) is 0 Å². The summed E-state index contributed by atoms with van der Waals surface area (Å²) in [5.74, 6) is -0.350. The minimum Gasteiger partial charge on any atom is -0.353 e. The van der Waals surface area contributed by atoms with Crippen molar-refractivity contribution in [3.8, 4) is 0 Å². The number of imide groups is 1. The minimum absolute atomic E-state index is 0.0692. The molecule has 0 aromatic rings. The van der Waals surface area contributed by atoms with Crippen LogP contribution in [0.15, 0.2) is 0 Å². The Balaban J connectivity index is 2.40. The number of urea groups is 1. The largest absolute Gasteiger partial charge is 0.353 e. The number of nitrogens with zero attached hydrogens (tertiary/aromatic N) is 1. The first kappa shape index (κ1) is 19.4. The Morgan fingerprint density at radius 3 is 2.65 bits per heavy atom. The van der Waals surface area contributed by atoms with Crippen LogP contribution >= 0.6 is 0 Å². The molecule has 0 aromatic carbocycles. The molecule has 1 aliphatic rings. The predicted molar refractivity (Wildman–Crippen MR) is 88.9 cm³/mol. The summed E-state index contributed by atoms with van der Waals surface area (Å²) in [6.07, 6.45) is 3.74. The first-order valence-corrected chi connectivity index (χ1v) is 8.56. The van der Waals surface area contributed by atoms with Crippen LogP contribution in [0.2, 0.25) is 0 Å². The maximum Gasteiger partial charge on any atom is 0.321 e. The number of likely N-dealkylation sites (tertiary alicyclic amines) is 1. The first-order valence-electron chi connectivity index (χ1n) is 8.56. The topological polar surface area (TPSA) is 90.5 Å². The molecule has 23 heavy (non-hydrogen) atoms. The van der Waals surface area contributed by atoms with E-state index in [4.69, 9.17) is 0 Å². The van der Waals surface area contributed by atoms with Gasteiger partial charge in [0.1, 0.15) is 0 Å². The normalized spacial score (nSPS) is 19.7. The Morgan fingerprint density at radius 2 is 2.00 bits per heavy atom. The second-order valence-electron chi connectivity index (χ2n) is 6.18. The smallest absolute Gasteiger partial charge is 0.321 e. The van der Waals surface area contributed by atoms with Gasteiger partial charge in [-0.3, -0.25) is 19.8 Å². The molecular formula is C16H30N4O3. The molecule has 132 valence electrons. The SMILES string of the molecule is CCC[C@@H](C)NC(=O)[C@@H]1CCCN(CC(=O)NC(=O)NCC)C1. The van der Waals surface area contributed by atoms with E-state index < -0.39 is 6.03 Å². The summed E-state index contributed by atoms with van der Waals surface area (Å²) in [5, 5.41) is 7.85. The first-order chi connectivity index (χ1) is 11.0. The zero-order chi connectivity index (χ0) is 17.2. The van der Waals surface area contributed by atoms with Crippen molar-refractivity contribution in [3.63, 3.8) is 0 Å². The molecule has 7 heteroatoms. The van der Waals surface area contributed by atoms with Crippen LogP contribution in [0.4, 0.5) is 4.79 Å². The molecule has 0 unspecified atom stereocenters. The second kappa shape index (κ2) is 10.2. The molecule has 3 N–H and O–H groups in total. The maximum absolute atomic E-state index is 12.3. The van der Waals surface area contributed by atoms with E-state index in [1.54, 1.807) is 6.92 Å². The van der Waals surface area contributed by atoms with Crippen molar-refractivity contribution in [2.45, 2.75) is 52.5 Å². The van der Waals surface area contributed by atoms with Gasteiger partial charge in [-0.15, -0.1) is 0 Å². The van der Waals surface area contributed by atoms with Gasteiger partial charge in [0.05, 0.1) is 12.5 Å². The highest BCUT2D eigenvalue weighted by atomic mass is 16.2. The summed E-state index contributed by atoms with van der Waals surface area (Å²) in [6, 6.07) is -0.291. The molecule has 1 aliphatic heterocycles. The van der Waals surface area contributed by atoms with E-state index >= 15 is 0 Å². The van der Waals surface area contributed by atoms with Crippen molar-refractivity contribution in [2.24, 2.45) is 5.92 Å². The lowest BCUT2D eigenvalue weighted by Crippen LogP contribution is -2.49. The summed E-state index contributed by atoms with van der Waals surface area (Å²) in [6.45, 7) is 7.86. The third-order valence-electron chi connectivity index (χ3n) is 3.94. The fraction of sp³-hybridized carbons (Fsp3) is 0.812. The molecule has 1 saturated heterocycles. The van der Waals surface area contributed by atoms with Gasteiger partial charge in [0.25, 0.3) is 0 Å². The van der Waals surface area contributed by atoms with E-state index in [9.17, 15) is 14.4 Å². The Labute approximate surface area is 138 Å². The molecule has 0 radical (unpaired) electrons. The molecule has 0 aliphatic carbocycles. The number of piperidine rings is 1. The Hall–Kier alpha value is -1.63. The average molecular weight is 326 g/mol. The van der Waals surface area contributed by atoms with Crippen molar-refractivity contribution in [2.75, 3.05) is 26.2 Å². The lowest BCUT2D eigenvalue weighted by atomic mass is 9.96. The number of amides is 4. The zero-order valence-corrected chi connectivity index (χ0v) is 14.5. The zero-order valence-electron chi connectivity index (χ0n) is 14.5. The molecule has 7 nitrogen and oxygen atoms in total. The van der Waals surface area contributed by atoms with Gasteiger partial charge in [-0.25, -0.2) is 4.79 Å². The highest BCUT2D eigenvalue weighted by Crippen LogP contribution is 2.16. The summed E-state index contributed by atoms with van der Waals surface area (Å²) < 4.78 is 0. The van der Waals surface area contributed by atoms with Gasteiger partial charge in [0.15, 0.2) is 0 Å². The lowest BCUT2D eigenvalue weighted by Gasteiger charge is -2.32. The third kappa shape index (κ3) is 7.45. The van der Waals surface area contributed by atoms with E-state index in [1.807, 2.05) is 11.8 Å². The fourth-order valence-corrected chi connectivity index (χ4v) is 2.85. The van der Waals surface area contributed by atoms with Gasteiger partial charge < -0.3 is 10.6 Å². The van der Waals surface area contributed by atoms with E-state index in [1.165, 1.54) is 0 Å². The standard InChI is InChI=1S/C16H30N4O3/c1-4-7-12(3)18-15(22)13-8-6-9-20(10-13)11-14(21)19-16(23)17-5-2/h12-13H,4-11H2,1-3H3,(H,18,22)(H2,17,19,21,23)/t12-,13-/m1/s1. The number of hydrogen-bond donors (Lipinski definition) is 3. The van der Waals surface area contributed by atoms with E-state index in [0.29, 0.717) is 13.1 Å². The average Bonchev–Trinajstić information content (AvgIpc) is 2.47. The highest BCUT2D eigenvalue weighted by molar-refractivity contribution is 5.95. The van der Waals surface area contributed by atoms with Gasteiger partial charge in [0, 0.05) is 19.1 Å². The van der Waals surface area contributed by atoms with Crippen molar-refractivity contribution in [3.05, 3.63) is 0 Å². The molecule has 0 bridgehead atoms. The molecule has 1 heterocycles. The predicted octanol–water partition coefficient (Wildman–Crippen LogP) is 0.849. The Bertz CT molecular complexity index is 414. The van der Waals surface area contributed by atoms with E-state index in [2.05, 4.69) is 22.9 Å². The number of carbonyl (C=O) groups is 3. The van der Waals surface area contributed by atoms with Crippen molar-refractivity contribution < 1.29 is 14.4 Å². The summed E-state index contributed by atoms with van der Waals surface area (Å²) in [7, 11) is 0. The van der Waals surface area contributed by atoms with Crippen LogP contribution in [0, 0.1) is 5.92 Å². The van der Waals surface area contributed by atoms with Crippen LogP contribution in [-0.2, 0) is 9.59 Å². The van der Waals surface area contributed by atoms with Gasteiger partial charge >= 0.3 is 6.03 Å². The van der Waals surface area contributed by atoms with E-state index in [0.717, 1.165) is 32.2 Å². The quantitative estimate of drug-likeness (QED) is 0.647. The molecule has 0 aromatic heterocycles. The van der Waals surface area contributed by atoms with Gasteiger partial charge in [-0.2, -0.15) is 0 Å². The Kier molecular flexibility index (Phi) is 8.61. The minimum atomic E-state index is -0.475. The van der Waals surface area contributed by atoms with Crippen LogP contribution in [0.25, 0.3) is 0 Å². The van der Waals surface area contributed by atoms with Crippen molar-refractivity contribution >= 4 is 17.8 Å². The molecule has 1 rings (SSSR count). The molecular weight excluding hydrogens is 296 g/mol. The summed E-state index contributed by atoms with van der Waals surface area (Å²) >= 11 is 0. The molecule has 2 atom stereocenters. The number of carbonyl (C=O) groups excluding carboxylic acids is 3. The van der Waals surface area contributed by atoms with Crippen LogP contribution < -0.4 is 16.0 Å². The van der Waals surface area contributed by atoms with Crippen LogP contribution in [0.1, 0.15) is 46.5 Å². The van der Waals surface area contributed by atoms with Gasteiger partial charge in [-0.05, 0) is 39.7 Å². The van der Waals surface area contributed by atoms with Crippen LogP contribution in [0.3, 0.4) is 0 Å². The summed E-state index contributed by atoms with van der Waals surface area (Å²) in [4.78, 5) is 37.4. The maximum atomic E-state index is 12.3. The third-order valence-corrected chi connectivity index (χ3v) is 3.94. The van der Waals surface area contributed by atoms with Crippen molar-refractivity contribution in [1.29, 1.82) is 0 Å². The lowest BCUT2D eigenvalue weighted by molar-refractivity contribution is -0.129. The van der Waals surface area contributed by atoms with Crippen LogP contribution in [-0.4, -0.2) is 55.0 Å². The summed E-state index contributed by atoms with van der Waals surface area (Å²) in [5.41, 5.74) is 0. The number of nitrogens with one attached hydrogen (secondary N) is 3. The molecule has 1 fully saturated rings. The number of rotatable bonds is 7. The second-order valence-corrected chi connectivity index (χ2v) is 6.18. The monoisotopic (exact) mass is 326 g/mol.